The number of hydrogen-bond acceptors (Lipinski definition) is 5. The fourth-order valence-electron chi connectivity index (χ4n) is 3.45. The third-order valence-electron chi connectivity index (χ3n) is 5.05. The van der Waals surface area contributed by atoms with Gasteiger partial charge in [-0.25, -0.2) is 9.97 Å². The van der Waals surface area contributed by atoms with E-state index in [0.717, 1.165) is 30.3 Å². The lowest BCUT2D eigenvalue weighted by molar-refractivity contribution is 0.102. The number of rotatable bonds is 5. The van der Waals surface area contributed by atoms with Crippen molar-refractivity contribution in [3.63, 3.8) is 0 Å². The number of piperidine rings is 1. The Balaban J connectivity index is 1.48. The second-order valence-electron chi connectivity index (χ2n) is 7.05. The molecule has 6 nitrogen and oxygen atoms in total. The van der Waals surface area contributed by atoms with Gasteiger partial charge in [0.15, 0.2) is 0 Å². The third-order valence-corrected chi connectivity index (χ3v) is 5.05. The molecule has 4 rings (SSSR count). The number of carbonyl (C=O) groups is 1. The van der Waals surface area contributed by atoms with Gasteiger partial charge in [-0.15, -0.1) is 0 Å². The van der Waals surface area contributed by atoms with Crippen LogP contribution < -0.4 is 15.0 Å². The Bertz CT molecular complexity index is 982. The second-order valence-corrected chi connectivity index (χ2v) is 7.05. The molecule has 1 saturated heterocycles. The molecule has 0 radical (unpaired) electrons. The van der Waals surface area contributed by atoms with Crippen LogP contribution in [0.3, 0.4) is 0 Å². The predicted octanol–water partition coefficient (Wildman–Crippen LogP) is 4.39. The zero-order chi connectivity index (χ0) is 20.1. The molecule has 1 aliphatic heterocycles. The van der Waals surface area contributed by atoms with Crippen LogP contribution in [0.4, 0.5) is 11.6 Å². The molecule has 2 heterocycles. The number of amides is 1. The largest absolute Gasteiger partial charge is 0.497 e. The van der Waals surface area contributed by atoms with Crippen LogP contribution in [0, 0.1) is 0 Å². The Kier molecular flexibility index (Phi) is 5.70. The first-order valence-electron chi connectivity index (χ1n) is 9.87. The molecule has 1 amide bonds. The maximum Gasteiger partial charge on any atom is 0.255 e. The van der Waals surface area contributed by atoms with Gasteiger partial charge in [-0.2, -0.15) is 0 Å². The summed E-state index contributed by atoms with van der Waals surface area (Å²) in [5.74, 6) is 1.31. The normalized spacial score (nSPS) is 13.8. The summed E-state index contributed by atoms with van der Waals surface area (Å²) in [6.45, 7) is 2.01. The van der Waals surface area contributed by atoms with Crippen LogP contribution in [0.1, 0.15) is 29.6 Å². The van der Waals surface area contributed by atoms with Crippen LogP contribution in [0.25, 0.3) is 11.3 Å². The fraction of sp³-hybridized carbons (Fsp3) is 0.261. The molecule has 148 valence electrons. The molecule has 0 saturated carbocycles. The Morgan fingerprint density at radius 3 is 2.59 bits per heavy atom. The van der Waals surface area contributed by atoms with Crippen LogP contribution in [-0.2, 0) is 0 Å². The van der Waals surface area contributed by atoms with Crippen molar-refractivity contribution in [2.45, 2.75) is 19.3 Å². The highest BCUT2D eigenvalue weighted by Gasteiger charge is 2.14. The lowest BCUT2D eigenvalue weighted by Gasteiger charge is -2.26. The van der Waals surface area contributed by atoms with E-state index >= 15 is 0 Å². The number of ether oxygens (including phenoxy) is 1. The molecule has 0 bridgehead atoms. The number of hydrogen-bond donors (Lipinski definition) is 1. The fourth-order valence-corrected chi connectivity index (χ4v) is 3.45. The van der Waals surface area contributed by atoms with E-state index in [0.29, 0.717) is 17.0 Å². The number of carbonyl (C=O) groups excluding carboxylic acids is 1. The van der Waals surface area contributed by atoms with Crippen molar-refractivity contribution in [1.82, 2.24) is 9.97 Å². The molecule has 1 N–H and O–H groups in total. The number of nitrogens with zero attached hydrogens (tertiary/aromatic N) is 3. The standard InChI is InChI=1S/C23H24N4O2/c1-29-20-7-5-6-19(16-20)25-22(28)18-10-8-17(9-11-18)21-12-13-24-23(26-21)27-14-3-2-4-15-27/h5-13,16H,2-4,14-15H2,1H3,(H,25,28). The minimum atomic E-state index is -0.165. The van der Waals surface area contributed by atoms with Crippen molar-refractivity contribution >= 4 is 17.5 Å². The molecule has 2 aromatic carbocycles. The number of nitrogens with one attached hydrogen (secondary N) is 1. The predicted molar refractivity (Wildman–Crippen MR) is 114 cm³/mol. The average molecular weight is 388 g/mol. The number of methoxy groups -OCH3 is 1. The monoisotopic (exact) mass is 388 g/mol. The highest BCUT2D eigenvalue weighted by atomic mass is 16.5. The van der Waals surface area contributed by atoms with Crippen molar-refractivity contribution in [2.75, 3.05) is 30.4 Å². The van der Waals surface area contributed by atoms with Crippen molar-refractivity contribution in [2.24, 2.45) is 0 Å². The summed E-state index contributed by atoms with van der Waals surface area (Å²) in [7, 11) is 1.60. The summed E-state index contributed by atoms with van der Waals surface area (Å²) < 4.78 is 5.19. The SMILES string of the molecule is COc1cccc(NC(=O)c2ccc(-c3ccnc(N4CCCCC4)n3)cc2)c1. The van der Waals surface area contributed by atoms with Crippen molar-refractivity contribution in [3.05, 3.63) is 66.4 Å². The van der Waals surface area contributed by atoms with Gasteiger partial charge in [0, 0.05) is 42.2 Å². The van der Waals surface area contributed by atoms with E-state index in [4.69, 9.17) is 9.72 Å². The first-order valence-corrected chi connectivity index (χ1v) is 9.87. The van der Waals surface area contributed by atoms with Gasteiger partial charge >= 0.3 is 0 Å². The van der Waals surface area contributed by atoms with Crippen LogP contribution in [0.15, 0.2) is 60.8 Å². The zero-order valence-electron chi connectivity index (χ0n) is 16.5. The van der Waals surface area contributed by atoms with Gasteiger partial charge in [-0.05, 0) is 49.6 Å². The van der Waals surface area contributed by atoms with Gasteiger partial charge in [0.2, 0.25) is 5.95 Å². The maximum atomic E-state index is 12.5. The van der Waals surface area contributed by atoms with Gasteiger partial charge in [0.1, 0.15) is 5.75 Å². The quantitative estimate of drug-likeness (QED) is 0.702. The van der Waals surface area contributed by atoms with E-state index in [-0.39, 0.29) is 5.91 Å². The maximum absolute atomic E-state index is 12.5. The summed E-state index contributed by atoms with van der Waals surface area (Å²) in [5, 5.41) is 2.89. The van der Waals surface area contributed by atoms with Gasteiger partial charge in [-0.3, -0.25) is 4.79 Å². The Morgan fingerprint density at radius 1 is 1.03 bits per heavy atom. The molecule has 29 heavy (non-hydrogen) atoms. The van der Waals surface area contributed by atoms with Crippen LogP contribution in [0.5, 0.6) is 5.75 Å². The summed E-state index contributed by atoms with van der Waals surface area (Å²) in [5.41, 5.74) is 3.10. The summed E-state index contributed by atoms with van der Waals surface area (Å²) >= 11 is 0. The molecular weight excluding hydrogens is 364 g/mol. The lowest BCUT2D eigenvalue weighted by Crippen LogP contribution is -2.30. The highest BCUT2D eigenvalue weighted by molar-refractivity contribution is 6.04. The van der Waals surface area contributed by atoms with E-state index in [1.807, 2.05) is 48.5 Å². The lowest BCUT2D eigenvalue weighted by atomic mass is 10.1. The van der Waals surface area contributed by atoms with E-state index in [1.165, 1.54) is 19.3 Å². The molecule has 1 aliphatic rings. The van der Waals surface area contributed by atoms with Gasteiger partial charge in [0.05, 0.1) is 12.8 Å². The third kappa shape index (κ3) is 4.54. The van der Waals surface area contributed by atoms with Crippen LogP contribution in [-0.4, -0.2) is 36.1 Å². The molecule has 3 aromatic rings. The molecule has 0 atom stereocenters. The molecule has 1 fully saturated rings. The van der Waals surface area contributed by atoms with Crippen molar-refractivity contribution in [3.8, 4) is 17.0 Å². The van der Waals surface area contributed by atoms with E-state index in [2.05, 4.69) is 15.2 Å². The first kappa shape index (κ1) is 18.9. The average Bonchev–Trinajstić information content (AvgIpc) is 2.80. The summed E-state index contributed by atoms with van der Waals surface area (Å²) in [4.78, 5) is 23.9. The minimum absolute atomic E-state index is 0.165. The number of aromatic nitrogens is 2. The van der Waals surface area contributed by atoms with Crippen LogP contribution >= 0.6 is 0 Å². The smallest absolute Gasteiger partial charge is 0.255 e. The Labute approximate surface area is 170 Å². The first-order chi connectivity index (χ1) is 14.2. The number of anilines is 2. The molecule has 0 aliphatic carbocycles. The second kappa shape index (κ2) is 8.73. The highest BCUT2D eigenvalue weighted by Crippen LogP contribution is 2.22. The van der Waals surface area contributed by atoms with Crippen molar-refractivity contribution in [1.29, 1.82) is 0 Å². The molecule has 6 heteroatoms. The Morgan fingerprint density at radius 2 is 1.83 bits per heavy atom. The molecule has 0 unspecified atom stereocenters. The van der Waals surface area contributed by atoms with Crippen LogP contribution in [0.2, 0.25) is 0 Å². The van der Waals surface area contributed by atoms with Gasteiger partial charge in [-0.1, -0.05) is 18.2 Å². The van der Waals surface area contributed by atoms with E-state index in [9.17, 15) is 4.79 Å². The van der Waals surface area contributed by atoms with E-state index in [1.54, 1.807) is 19.4 Å². The van der Waals surface area contributed by atoms with Crippen molar-refractivity contribution < 1.29 is 9.53 Å². The van der Waals surface area contributed by atoms with E-state index < -0.39 is 0 Å². The topological polar surface area (TPSA) is 67.3 Å². The Hall–Kier alpha value is -3.41. The molecule has 1 aromatic heterocycles. The zero-order valence-corrected chi connectivity index (χ0v) is 16.5. The molecular formula is C23H24N4O2. The summed E-state index contributed by atoms with van der Waals surface area (Å²) in [6.07, 6.45) is 5.44. The molecule has 0 spiro atoms. The van der Waals surface area contributed by atoms with Gasteiger partial charge in [0.25, 0.3) is 5.91 Å². The van der Waals surface area contributed by atoms with Gasteiger partial charge < -0.3 is 15.0 Å². The minimum Gasteiger partial charge on any atom is -0.497 e. The number of benzene rings is 2. The summed E-state index contributed by atoms with van der Waals surface area (Å²) in [6, 6.07) is 16.7.